The molecule has 1 aliphatic rings. The van der Waals surface area contributed by atoms with Crippen LogP contribution in [-0.4, -0.2) is 13.2 Å². The summed E-state index contributed by atoms with van der Waals surface area (Å²) in [5.41, 5.74) is 1.82. The molecule has 1 nitrogen and oxygen atoms in total. The molecule has 21 heavy (non-hydrogen) atoms. The second-order valence-electron chi connectivity index (χ2n) is 5.92. The first-order chi connectivity index (χ1) is 9.82. The second kappa shape index (κ2) is 6.34. The molecule has 5 heteroatoms. The van der Waals surface area contributed by atoms with Crippen LogP contribution in [0.1, 0.15) is 42.9 Å². The average molecular weight is 303 g/mol. The topological polar surface area (TPSA) is 12.0 Å². The van der Waals surface area contributed by atoms with Gasteiger partial charge in [0.05, 0.1) is 5.92 Å². The van der Waals surface area contributed by atoms with Gasteiger partial charge in [-0.2, -0.15) is 13.2 Å². The molecule has 0 radical (unpaired) electrons. The summed E-state index contributed by atoms with van der Waals surface area (Å²) in [7, 11) is 1.78. The van der Waals surface area contributed by atoms with Gasteiger partial charge in [0.25, 0.3) is 0 Å². The molecule has 1 saturated carbocycles. The van der Waals surface area contributed by atoms with Crippen LogP contribution in [0.15, 0.2) is 18.2 Å². The van der Waals surface area contributed by atoms with Gasteiger partial charge in [-0.15, -0.1) is 0 Å². The Balaban J connectivity index is 2.11. The fourth-order valence-corrected chi connectivity index (χ4v) is 3.37. The first kappa shape index (κ1) is 16.3. The molecule has 0 heterocycles. The molecule has 118 valence electrons. The van der Waals surface area contributed by atoms with Crippen LogP contribution < -0.4 is 5.32 Å². The van der Waals surface area contributed by atoms with E-state index in [2.05, 4.69) is 5.32 Å². The van der Waals surface area contributed by atoms with Crippen molar-refractivity contribution in [2.45, 2.75) is 44.8 Å². The predicted molar refractivity (Wildman–Crippen MR) is 74.4 cm³/mol. The lowest BCUT2D eigenvalue weighted by Gasteiger charge is -2.35. The molecule has 1 unspecified atom stereocenters. The number of nitrogens with one attached hydrogen (secondary N) is 1. The normalized spacial score (nSPS) is 24.9. The zero-order valence-electron chi connectivity index (χ0n) is 12.3. The lowest BCUT2D eigenvalue weighted by atomic mass is 9.76. The molecule has 0 aliphatic heterocycles. The Morgan fingerprint density at radius 1 is 1.14 bits per heavy atom. The summed E-state index contributed by atoms with van der Waals surface area (Å²) in [6.07, 6.45) is -2.71. The number of hydrogen-bond donors (Lipinski definition) is 1. The lowest BCUT2D eigenvalue weighted by Crippen LogP contribution is -2.33. The summed E-state index contributed by atoms with van der Waals surface area (Å²) in [6, 6.07) is 4.53. The summed E-state index contributed by atoms with van der Waals surface area (Å²) >= 11 is 0. The molecule has 1 N–H and O–H groups in total. The van der Waals surface area contributed by atoms with Crippen molar-refractivity contribution < 1.29 is 17.6 Å². The number of hydrogen-bond acceptors (Lipinski definition) is 1. The van der Waals surface area contributed by atoms with Gasteiger partial charge in [0, 0.05) is 6.04 Å². The fraction of sp³-hybridized carbons (Fsp3) is 0.625. The van der Waals surface area contributed by atoms with Crippen molar-refractivity contribution in [3.8, 4) is 0 Å². The number of benzene rings is 1. The lowest BCUT2D eigenvalue weighted by molar-refractivity contribution is -0.184. The minimum atomic E-state index is -4.09. The van der Waals surface area contributed by atoms with Gasteiger partial charge in [0.15, 0.2) is 0 Å². The Labute approximate surface area is 122 Å². The van der Waals surface area contributed by atoms with E-state index in [9.17, 15) is 17.6 Å². The smallest absolute Gasteiger partial charge is 0.313 e. The van der Waals surface area contributed by atoms with Crippen molar-refractivity contribution >= 4 is 0 Å². The Kier molecular flexibility index (Phi) is 4.91. The largest absolute Gasteiger partial charge is 0.391 e. The zero-order chi connectivity index (χ0) is 15.6. The molecule has 1 aromatic rings. The molecule has 0 aromatic heterocycles. The monoisotopic (exact) mass is 303 g/mol. The van der Waals surface area contributed by atoms with Gasteiger partial charge in [-0.05, 0) is 68.8 Å². The van der Waals surface area contributed by atoms with Gasteiger partial charge in [0.1, 0.15) is 5.82 Å². The average Bonchev–Trinajstić information content (AvgIpc) is 2.43. The predicted octanol–water partition coefficient (Wildman–Crippen LogP) is 4.76. The zero-order valence-corrected chi connectivity index (χ0v) is 12.3. The van der Waals surface area contributed by atoms with Crippen LogP contribution in [0.5, 0.6) is 0 Å². The molecule has 1 atom stereocenters. The van der Waals surface area contributed by atoms with Crippen LogP contribution in [0.2, 0.25) is 0 Å². The number of alkyl halides is 3. The van der Waals surface area contributed by atoms with Crippen LogP contribution in [0, 0.1) is 24.6 Å². The highest BCUT2D eigenvalue weighted by molar-refractivity contribution is 5.30. The first-order valence-corrected chi connectivity index (χ1v) is 7.33. The van der Waals surface area contributed by atoms with Crippen LogP contribution in [0.4, 0.5) is 17.6 Å². The van der Waals surface area contributed by atoms with Gasteiger partial charge in [-0.3, -0.25) is 0 Å². The fourth-order valence-electron chi connectivity index (χ4n) is 3.37. The molecule has 0 spiro atoms. The Hall–Kier alpha value is -1.10. The highest BCUT2D eigenvalue weighted by atomic mass is 19.4. The van der Waals surface area contributed by atoms with E-state index in [1.807, 2.05) is 6.92 Å². The Morgan fingerprint density at radius 2 is 1.76 bits per heavy atom. The quantitative estimate of drug-likeness (QED) is 0.794. The van der Waals surface area contributed by atoms with Crippen LogP contribution >= 0.6 is 0 Å². The third kappa shape index (κ3) is 3.76. The van der Waals surface area contributed by atoms with E-state index in [4.69, 9.17) is 0 Å². The molecule has 1 fully saturated rings. The maximum atomic E-state index is 13.5. The minimum Gasteiger partial charge on any atom is -0.313 e. The molecular formula is C16H21F4N. The van der Waals surface area contributed by atoms with Crippen LogP contribution in [0.3, 0.4) is 0 Å². The first-order valence-electron chi connectivity index (χ1n) is 7.33. The third-order valence-electron chi connectivity index (χ3n) is 4.59. The summed E-state index contributed by atoms with van der Waals surface area (Å²) in [6.45, 7) is 1.90. The minimum absolute atomic E-state index is 0.0881. The van der Waals surface area contributed by atoms with Gasteiger partial charge >= 0.3 is 6.18 Å². The van der Waals surface area contributed by atoms with E-state index in [1.54, 1.807) is 13.1 Å². The van der Waals surface area contributed by atoms with Crippen LogP contribution in [-0.2, 0) is 0 Å². The van der Waals surface area contributed by atoms with E-state index in [-0.39, 0.29) is 30.6 Å². The molecular weight excluding hydrogens is 282 g/mol. The molecule has 0 saturated heterocycles. The van der Waals surface area contributed by atoms with E-state index in [1.165, 1.54) is 12.1 Å². The summed E-state index contributed by atoms with van der Waals surface area (Å²) in [5, 5.41) is 3.16. The SMILES string of the molecule is CNC(c1cc(F)ccc1C)C1CCC(C(F)(F)F)CC1. The van der Waals surface area contributed by atoms with Gasteiger partial charge in [-0.1, -0.05) is 6.07 Å². The highest BCUT2D eigenvalue weighted by Crippen LogP contribution is 2.43. The summed E-state index contributed by atoms with van der Waals surface area (Å²) in [5.74, 6) is -1.37. The summed E-state index contributed by atoms with van der Waals surface area (Å²) in [4.78, 5) is 0. The maximum Gasteiger partial charge on any atom is 0.391 e. The molecule has 1 aromatic carbocycles. The van der Waals surface area contributed by atoms with Gasteiger partial charge in [0.2, 0.25) is 0 Å². The van der Waals surface area contributed by atoms with Crippen molar-refractivity contribution in [3.05, 3.63) is 35.1 Å². The van der Waals surface area contributed by atoms with Crippen molar-refractivity contribution in [2.75, 3.05) is 7.05 Å². The molecule has 0 amide bonds. The number of aryl methyl sites for hydroxylation is 1. The van der Waals surface area contributed by atoms with Gasteiger partial charge < -0.3 is 5.32 Å². The third-order valence-corrected chi connectivity index (χ3v) is 4.59. The second-order valence-corrected chi connectivity index (χ2v) is 5.92. The standard InChI is InChI=1S/C16H21F4N/c1-10-3-8-13(17)9-14(10)15(21-2)11-4-6-12(7-5-11)16(18,19)20/h3,8-9,11-12,15,21H,4-7H2,1-2H3. The van der Waals surface area contributed by atoms with Crippen molar-refractivity contribution in [3.63, 3.8) is 0 Å². The van der Waals surface area contributed by atoms with E-state index < -0.39 is 12.1 Å². The Bertz CT molecular complexity index is 476. The highest BCUT2D eigenvalue weighted by Gasteiger charge is 2.42. The van der Waals surface area contributed by atoms with E-state index in [0.717, 1.165) is 11.1 Å². The van der Waals surface area contributed by atoms with Crippen molar-refractivity contribution in [2.24, 2.45) is 11.8 Å². The maximum absolute atomic E-state index is 13.5. The van der Waals surface area contributed by atoms with E-state index >= 15 is 0 Å². The molecule has 2 rings (SSSR count). The number of rotatable bonds is 3. The van der Waals surface area contributed by atoms with Gasteiger partial charge in [-0.25, -0.2) is 4.39 Å². The van der Waals surface area contributed by atoms with Crippen molar-refractivity contribution in [1.82, 2.24) is 5.32 Å². The van der Waals surface area contributed by atoms with Crippen LogP contribution in [0.25, 0.3) is 0 Å². The van der Waals surface area contributed by atoms with E-state index in [0.29, 0.717) is 12.8 Å². The summed E-state index contributed by atoms with van der Waals surface area (Å²) < 4.78 is 51.6. The number of halogens is 4. The Morgan fingerprint density at radius 3 is 2.29 bits per heavy atom. The van der Waals surface area contributed by atoms with Crippen molar-refractivity contribution in [1.29, 1.82) is 0 Å². The molecule has 0 bridgehead atoms. The molecule has 1 aliphatic carbocycles.